The van der Waals surface area contributed by atoms with Crippen LogP contribution in [-0.2, 0) is 19.4 Å². The summed E-state index contributed by atoms with van der Waals surface area (Å²) >= 11 is 0. The molecule has 0 aromatic heterocycles. The van der Waals surface area contributed by atoms with Gasteiger partial charge >= 0.3 is 0 Å². The van der Waals surface area contributed by atoms with Gasteiger partial charge in [0.1, 0.15) is 0 Å². The van der Waals surface area contributed by atoms with Crippen LogP contribution in [0.1, 0.15) is 5.56 Å². The summed E-state index contributed by atoms with van der Waals surface area (Å²) in [7, 11) is -3.85. The molecule has 0 amide bonds. The molecule has 0 aliphatic heterocycles. The first kappa shape index (κ1) is 15.5. The van der Waals surface area contributed by atoms with Crippen molar-refractivity contribution in [2.75, 3.05) is 0 Å². The van der Waals surface area contributed by atoms with E-state index in [1.807, 2.05) is 6.92 Å². The lowest BCUT2D eigenvalue weighted by Crippen LogP contribution is -2.02. The van der Waals surface area contributed by atoms with Gasteiger partial charge in [-0.25, -0.2) is 18.0 Å². The lowest BCUT2D eigenvalue weighted by atomic mass is 10.2. The Morgan fingerprint density at radius 2 is 1.55 bits per heavy atom. The van der Waals surface area contributed by atoms with Crippen molar-refractivity contribution in [2.24, 2.45) is 9.98 Å². The van der Waals surface area contributed by atoms with Gasteiger partial charge in [0, 0.05) is 0 Å². The topological polar surface area (TPSA) is 93.0 Å². The van der Waals surface area contributed by atoms with Crippen molar-refractivity contribution in [3.63, 3.8) is 0 Å². The molecular formula is C15H10N2O4S. The smallest absolute Gasteiger partial charge is 0.218 e. The van der Waals surface area contributed by atoms with Gasteiger partial charge in [0.2, 0.25) is 22.0 Å². The Morgan fingerprint density at radius 1 is 0.909 bits per heavy atom. The molecule has 2 rings (SSSR count). The SMILES string of the molecule is Cc1ccc(S(=O)(=O)c2ccc(N=C=O)cc2N=C=O)cc1. The molecule has 0 aliphatic carbocycles. The van der Waals surface area contributed by atoms with Crippen molar-refractivity contribution in [1.29, 1.82) is 0 Å². The number of hydrogen-bond acceptors (Lipinski definition) is 6. The molecule has 0 radical (unpaired) electrons. The van der Waals surface area contributed by atoms with Gasteiger partial charge in [0.05, 0.1) is 21.2 Å². The third kappa shape index (κ3) is 3.07. The van der Waals surface area contributed by atoms with Crippen LogP contribution in [0.25, 0.3) is 0 Å². The van der Waals surface area contributed by atoms with Crippen LogP contribution in [0.5, 0.6) is 0 Å². The Morgan fingerprint density at radius 3 is 2.14 bits per heavy atom. The molecule has 6 nitrogen and oxygen atoms in total. The molecule has 110 valence electrons. The molecule has 0 heterocycles. The number of hydrogen-bond donors (Lipinski definition) is 0. The zero-order valence-electron chi connectivity index (χ0n) is 11.5. The van der Waals surface area contributed by atoms with Crippen LogP contribution in [0, 0.1) is 6.92 Å². The first-order valence-electron chi connectivity index (χ1n) is 6.10. The molecule has 0 bridgehead atoms. The number of nitrogens with zero attached hydrogens (tertiary/aromatic N) is 2. The van der Waals surface area contributed by atoms with Crippen LogP contribution in [0.4, 0.5) is 11.4 Å². The Balaban J connectivity index is 2.66. The molecule has 0 saturated carbocycles. The monoisotopic (exact) mass is 314 g/mol. The molecule has 7 heteroatoms. The van der Waals surface area contributed by atoms with Crippen molar-refractivity contribution >= 4 is 33.4 Å². The molecule has 2 aromatic carbocycles. The van der Waals surface area contributed by atoms with Crippen LogP contribution in [-0.4, -0.2) is 20.6 Å². The number of carbonyl (C=O) groups excluding carboxylic acids is 2. The number of sulfone groups is 1. The van der Waals surface area contributed by atoms with Crippen molar-refractivity contribution in [3.05, 3.63) is 48.0 Å². The van der Waals surface area contributed by atoms with Crippen molar-refractivity contribution in [3.8, 4) is 0 Å². The maximum absolute atomic E-state index is 12.6. The number of isocyanates is 2. The summed E-state index contributed by atoms with van der Waals surface area (Å²) in [4.78, 5) is 27.4. The molecular weight excluding hydrogens is 304 g/mol. The third-order valence-corrected chi connectivity index (χ3v) is 4.72. The minimum atomic E-state index is -3.85. The molecule has 22 heavy (non-hydrogen) atoms. The van der Waals surface area contributed by atoms with E-state index in [1.165, 1.54) is 42.5 Å². The maximum atomic E-state index is 12.6. The first-order valence-corrected chi connectivity index (χ1v) is 7.59. The van der Waals surface area contributed by atoms with Gasteiger partial charge in [-0.3, -0.25) is 0 Å². The molecule has 0 fully saturated rings. The minimum absolute atomic E-state index is 0.0760. The molecule has 0 unspecified atom stereocenters. The fourth-order valence-corrected chi connectivity index (χ4v) is 3.21. The van der Waals surface area contributed by atoms with Crippen molar-refractivity contribution in [2.45, 2.75) is 16.7 Å². The van der Waals surface area contributed by atoms with Crippen LogP contribution in [0.3, 0.4) is 0 Å². The van der Waals surface area contributed by atoms with Crippen LogP contribution in [0.2, 0.25) is 0 Å². The molecule has 0 N–H and O–H groups in total. The summed E-state index contributed by atoms with van der Waals surface area (Å²) in [5, 5.41) is 0. The van der Waals surface area contributed by atoms with E-state index in [0.717, 1.165) is 5.56 Å². The van der Waals surface area contributed by atoms with E-state index in [2.05, 4.69) is 9.98 Å². The zero-order chi connectivity index (χ0) is 16.2. The van der Waals surface area contributed by atoms with E-state index < -0.39 is 9.84 Å². The van der Waals surface area contributed by atoms with E-state index >= 15 is 0 Å². The predicted molar refractivity (Wildman–Crippen MR) is 78.6 cm³/mol. The highest BCUT2D eigenvalue weighted by Gasteiger charge is 2.21. The Labute approximate surface area is 126 Å². The second-order valence-corrected chi connectivity index (χ2v) is 6.29. The second-order valence-electron chi connectivity index (χ2n) is 4.37. The highest BCUT2D eigenvalue weighted by molar-refractivity contribution is 7.91. The highest BCUT2D eigenvalue weighted by atomic mass is 32.2. The van der Waals surface area contributed by atoms with E-state index in [0.29, 0.717) is 0 Å². The number of aliphatic imine (C=N–C) groups is 2. The van der Waals surface area contributed by atoms with Crippen LogP contribution >= 0.6 is 0 Å². The zero-order valence-corrected chi connectivity index (χ0v) is 12.3. The summed E-state index contributed by atoms with van der Waals surface area (Å²) in [5.41, 5.74) is 0.930. The average Bonchev–Trinajstić information content (AvgIpc) is 2.48. The molecule has 0 saturated heterocycles. The third-order valence-electron chi connectivity index (χ3n) is 2.90. The maximum Gasteiger partial charge on any atom is 0.240 e. The second kappa shape index (κ2) is 6.28. The summed E-state index contributed by atoms with van der Waals surface area (Å²) in [6.45, 7) is 1.84. The van der Waals surface area contributed by atoms with Crippen molar-refractivity contribution < 1.29 is 18.0 Å². The lowest BCUT2D eigenvalue weighted by molar-refractivity contribution is 0.564. The fraction of sp³-hybridized carbons (Fsp3) is 0.0667. The van der Waals surface area contributed by atoms with Gasteiger partial charge in [-0.05, 0) is 37.3 Å². The van der Waals surface area contributed by atoms with E-state index in [4.69, 9.17) is 0 Å². The minimum Gasteiger partial charge on any atom is -0.218 e. The van der Waals surface area contributed by atoms with Crippen LogP contribution < -0.4 is 0 Å². The fourth-order valence-electron chi connectivity index (χ4n) is 1.84. The van der Waals surface area contributed by atoms with Crippen LogP contribution in [0.15, 0.2) is 62.2 Å². The lowest BCUT2D eigenvalue weighted by Gasteiger charge is -2.07. The molecule has 0 aliphatic rings. The average molecular weight is 314 g/mol. The van der Waals surface area contributed by atoms with Gasteiger partial charge in [-0.1, -0.05) is 17.7 Å². The quantitative estimate of drug-likeness (QED) is 0.640. The summed E-state index contributed by atoms with van der Waals surface area (Å²) in [5.74, 6) is 0. The van der Waals surface area contributed by atoms with E-state index in [-0.39, 0.29) is 21.2 Å². The van der Waals surface area contributed by atoms with E-state index in [1.54, 1.807) is 12.1 Å². The Kier molecular flexibility index (Phi) is 4.44. The number of aryl methyl sites for hydroxylation is 1. The first-order chi connectivity index (χ1) is 10.5. The molecule has 0 atom stereocenters. The Hall–Kier alpha value is -2.85. The summed E-state index contributed by atoms with van der Waals surface area (Å²) in [6, 6.07) is 10.0. The molecule has 2 aromatic rings. The van der Waals surface area contributed by atoms with Gasteiger partial charge in [-0.15, -0.1) is 0 Å². The summed E-state index contributed by atoms with van der Waals surface area (Å²) < 4.78 is 25.2. The largest absolute Gasteiger partial charge is 0.240 e. The normalized spacial score (nSPS) is 10.4. The molecule has 0 spiro atoms. The number of benzene rings is 2. The summed E-state index contributed by atoms with van der Waals surface area (Å²) in [6.07, 6.45) is 2.63. The van der Waals surface area contributed by atoms with Crippen molar-refractivity contribution in [1.82, 2.24) is 0 Å². The predicted octanol–water partition coefficient (Wildman–Crippen LogP) is 2.76. The standard InChI is InChI=1S/C15H10N2O4S/c1-11-2-5-13(6-3-11)22(20,21)15-7-4-12(16-9-18)8-14(15)17-10-19/h2-8H,1H3. The van der Waals surface area contributed by atoms with Gasteiger partial charge in [0.25, 0.3) is 0 Å². The van der Waals surface area contributed by atoms with E-state index in [9.17, 15) is 18.0 Å². The Bertz CT molecular complexity index is 905. The number of rotatable bonds is 4. The van der Waals surface area contributed by atoms with Gasteiger partial charge in [0.15, 0.2) is 0 Å². The van der Waals surface area contributed by atoms with Gasteiger partial charge in [-0.2, -0.15) is 9.98 Å². The highest BCUT2D eigenvalue weighted by Crippen LogP contribution is 2.32. The van der Waals surface area contributed by atoms with Gasteiger partial charge < -0.3 is 0 Å².